The first kappa shape index (κ1) is 23.8. The van der Waals surface area contributed by atoms with Crippen LogP contribution < -0.4 is 27.8 Å². The molecule has 0 heterocycles. The molecular weight excluding hydrogens is 368 g/mol. The number of hydrogen-bond acceptors (Lipinski definition) is 7. The zero-order valence-electron chi connectivity index (χ0n) is 14.2. The molecule has 0 aromatic rings. The Kier molecular flexibility index (Phi) is 11.9. The number of carbonyl (C=O) groups excluding carboxylic acids is 3. The highest BCUT2D eigenvalue weighted by Crippen LogP contribution is 2.01. The fourth-order valence-electron chi connectivity index (χ4n) is 1.87. The van der Waals surface area contributed by atoms with Gasteiger partial charge < -0.3 is 22.3 Å². The number of alkyl halides is 1. The van der Waals surface area contributed by atoms with Crippen molar-refractivity contribution in [2.24, 2.45) is 22.2 Å². The lowest BCUT2D eigenvalue weighted by molar-refractivity contribution is -0.137. The SMILES string of the molecule is NC(N)=NCCC[C@H](NCC(=O)NC(=O)[C@@H](N)CCC(=O)O)C(=O)CCl. The molecular formula is C14H25ClN6O5. The molecule has 0 aromatic heterocycles. The number of rotatable bonds is 13. The Labute approximate surface area is 155 Å². The van der Waals surface area contributed by atoms with E-state index in [1.165, 1.54) is 0 Å². The van der Waals surface area contributed by atoms with Crippen molar-refractivity contribution in [1.29, 1.82) is 0 Å². The van der Waals surface area contributed by atoms with E-state index in [1.54, 1.807) is 0 Å². The molecule has 0 aromatic carbocycles. The summed E-state index contributed by atoms with van der Waals surface area (Å²) in [5, 5.41) is 13.3. The van der Waals surface area contributed by atoms with E-state index in [2.05, 4.69) is 10.3 Å². The third-order valence-electron chi connectivity index (χ3n) is 3.24. The number of halogens is 1. The highest BCUT2D eigenvalue weighted by molar-refractivity contribution is 6.28. The molecule has 26 heavy (non-hydrogen) atoms. The maximum atomic E-state index is 11.8. The normalized spacial score (nSPS) is 12.7. The van der Waals surface area contributed by atoms with Crippen LogP contribution in [0.4, 0.5) is 0 Å². The van der Waals surface area contributed by atoms with Gasteiger partial charge in [0.15, 0.2) is 11.7 Å². The average molecular weight is 393 g/mol. The van der Waals surface area contributed by atoms with Gasteiger partial charge in [0.25, 0.3) is 0 Å². The van der Waals surface area contributed by atoms with Crippen molar-refractivity contribution < 1.29 is 24.3 Å². The number of aliphatic imine (C=N–C) groups is 1. The Balaban J connectivity index is 4.37. The molecule has 0 spiro atoms. The van der Waals surface area contributed by atoms with E-state index < -0.39 is 29.9 Å². The van der Waals surface area contributed by atoms with Crippen molar-refractivity contribution in [2.45, 2.75) is 37.8 Å². The van der Waals surface area contributed by atoms with Crippen LogP contribution in [0, 0.1) is 0 Å². The summed E-state index contributed by atoms with van der Waals surface area (Å²) in [6.07, 6.45) is 0.448. The number of carboxylic acids is 1. The minimum Gasteiger partial charge on any atom is -0.481 e. The van der Waals surface area contributed by atoms with Gasteiger partial charge in [0, 0.05) is 13.0 Å². The smallest absolute Gasteiger partial charge is 0.303 e. The summed E-state index contributed by atoms with van der Waals surface area (Å²) >= 11 is 5.54. The van der Waals surface area contributed by atoms with Gasteiger partial charge in [-0.2, -0.15) is 0 Å². The number of Topliss-reactive ketones (excluding diaryl/α,β-unsaturated/α-hetero) is 1. The van der Waals surface area contributed by atoms with Crippen molar-refractivity contribution in [3.05, 3.63) is 0 Å². The van der Waals surface area contributed by atoms with Gasteiger partial charge in [-0.15, -0.1) is 11.6 Å². The largest absolute Gasteiger partial charge is 0.481 e. The van der Waals surface area contributed by atoms with E-state index in [-0.39, 0.29) is 37.0 Å². The number of amides is 2. The summed E-state index contributed by atoms with van der Waals surface area (Å²) in [4.78, 5) is 49.4. The molecule has 0 aliphatic carbocycles. The summed E-state index contributed by atoms with van der Waals surface area (Å²) in [5.74, 6) is -3.18. The summed E-state index contributed by atoms with van der Waals surface area (Å²) < 4.78 is 0. The predicted molar refractivity (Wildman–Crippen MR) is 95.4 cm³/mol. The topological polar surface area (TPSA) is 203 Å². The molecule has 9 N–H and O–H groups in total. The quantitative estimate of drug-likeness (QED) is 0.0856. The van der Waals surface area contributed by atoms with E-state index in [9.17, 15) is 19.2 Å². The van der Waals surface area contributed by atoms with Crippen molar-refractivity contribution in [3.63, 3.8) is 0 Å². The first-order valence-corrected chi connectivity index (χ1v) is 8.39. The Bertz CT molecular complexity index is 538. The van der Waals surface area contributed by atoms with Crippen LogP contribution in [0.15, 0.2) is 4.99 Å². The minimum absolute atomic E-state index is 0.0599. The molecule has 2 amide bonds. The van der Waals surface area contributed by atoms with Crippen molar-refractivity contribution in [3.8, 4) is 0 Å². The summed E-state index contributed by atoms with van der Waals surface area (Å²) in [5.41, 5.74) is 15.9. The van der Waals surface area contributed by atoms with Gasteiger partial charge in [-0.3, -0.25) is 34.8 Å². The second-order valence-electron chi connectivity index (χ2n) is 5.43. The average Bonchev–Trinajstić information content (AvgIpc) is 2.57. The van der Waals surface area contributed by atoms with E-state index >= 15 is 0 Å². The zero-order chi connectivity index (χ0) is 20.1. The fourth-order valence-corrected chi connectivity index (χ4v) is 2.06. The number of nitrogens with zero attached hydrogens (tertiary/aromatic N) is 1. The van der Waals surface area contributed by atoms with Gasteiger partial charge in [0.2, 0.25) is 11.8 Å². The second-order valence-corrected chi connectivity index (χ2v) is 5.70. The molecule has 12 heteroatoms. The van der Waals surface area contributed by atoms with Gasteiger partial charge in [0.1, 0.15) is 0 Å². The van der Waals surface area contributed by atoms with Gasteiger partial charge in [0.05, 0.1) is 24.5 Å². The standard InChI is InChI=1S/C14H25ClN6O5/c15-6-10(22)9(2-1-5-19-14(17)18)20-7-11(23)21-13(26)8(16)3-4-12(24)25/h8-9,20H,1-7,16H2,(H,24,25)(H4,17,18,19)(H,21,23,26)/t8-,9-/m0/s1. The number of ketones is 1. The molecule has 0 rings (SSSR count). The number of aliphatic carboxylic acids is 1. The Morgan fingerprint density at radius 1 is 1.15 bits per heavy atom. The molecule has 0 aliphatic rings. The van der Waals surface area contributed by atoms with Gasteiger partial charge >= 0.3 is 5.97 Å². The molecule has 2 atom stereocenters. The van der Waals surface area contributed by atoms with Crippen LogP contribution in [0.25, 0.3) is 0 Å². The zero-order valence-corrected chi connectivity index (χ0v) is 15.0. The van der Waals surface area contributed by atoms with Crippen LogP contribution in [-0.2, 0) is 19.2 Å². The van der Waals surface area contributed by atoms with Crippen LogP contribution >= 0.6 is 11.6 Å². The molecule has 11 nitrogen and oxygen atoms in total. The molecule has 148 valence electrons. The summed E-state index contributed by atoms with van der Waals surface area (Å²) in [6, 6.07) is -1.81. The van der Waals surface area contributed by atoms with E-state index in [0.29, 0.717) is 19.4 Å². The maximum Gasteiger partial charge on any atom is 0.303 e. The molecule has 0 unspecified atom stereocenters. The first-order chi connectivity index (χ1) is 12.2. The number of guanidine groups is 1. The Morgan fingerprint density at radius 3 is 2.35 bits per heavy atom. The predicted octanol–water partition coefficient (Wildman–Crippen LogP) is -2.36. The van der Waals surface area contributed by atoms with Crippen molar-refractivity contribution in [2.75, 3.05) is 19.0 Å². The number of carboxylic acid groups (broad SMARTS) is 1. The highest BCUT2D eigenvalue weighted by atomic mass is 35.5. The molecule has 0 saturated heterocycles. The number of nitrogens with one attached hydrogen (secondary N) is 2. The highest BCUT2D eigenvalue weighted by Gasteiger charge is 2.20. The van der Waals surface area contributed by atoms with Gasteiger partial charge in [-0.25, -0.2) is 0 Å². The molecule has 0 radical (unpaired) electrons. The maximum absolute atomic E-state index is 11.8. The summed E-state index contributed by atoms with van der Waals surface area (Å²) in [6.45, 7) is 0.00613. The fraction of sp³-hybridized carbons (Fsp3) is 0.643. The van der Waals surface area contributed by atoms with Crippen LogP contribution in [0.3, 0.4) is 0 Å². The van der Waals surface area contributed by atoms with E-state index in [1.807, 2.05) is 5.32 Å². The second kappa shape index (κ2) is 13.0. The van der Waals surface area contributed by atoms with Crippen LogP contribution in [-0.4, -0.2) is 65.7 Å². The third-order valence-corrected chi connectivity index (χ3v) is 3.51. The lowest BCUT2D eigenvalue weighted by Crippen LogP contribution is -2.49. The van der Waals surface area contributed by atoms with Crippen LogP contribution in [0.2, 0.25) is 0 Å². The lowest BCUT2D eigenvalue weighted by Gasteiger charge is -2.16. The minimum atomic E-state index is -1.12. The Morgan fingerprint density at radius 2 is 1.81 bits per heavy atom. The number of hydrogen-bond donors (Lipinski definition) is 6. The molecule has 0 bridgehead atoms. The number of carbonyl (C=O) groups is 4. The Hall–Kier alpha value is -2.24. The first-order valence-electron chi connectivity index (χ1n) is 7.85. The summed E-state index contributed by atoms with van der Waals surface area (Å²) in [7, 11) is 0. The van der Waals surface area contributed by atoms with Crippen molar-refractivity contribution in [1.82, 2.24) is 10.6 Å². The molecule has 0 saturated carbocycles. The van der Waals surface area contributed by atoms with Crippen LogP contribution in [0.1, 0.15) is 25.7 Å². The van der Waals surface area contributed by atoms with Crippen molar-refractivity contribution >= 4 is 41.1 Å². The molecule has 0 aliphatic heterocycles. The lowest BCUT2D eigenvalue weighted by atomic mass is 10.1. The van der Waals surface area contributed by atoms with Gasteiger partial charge in [-0.1, -0.05) is 0 Å². The number of nitrogens with two attached hydrogens (primary N) is 3. The monoisotopic (exact) mass is 392 g/mol. The third kappa shape index (κ3) is 11.3. The van der Waals surface area contributed by atoms with Crippen LogP contribution in [0.5, 0.6) is 0 Å². The van der Waals surface area contributed by atoms with E-state index in [0.717, 1.165) is 0 Å². The molecule has 0 fully saturated rings. The van der Waals surface area contributed by atoms with E-state index in [4.69, 9.17) is 33.9 Å². The number of imide groups is 1. The van der Waals surface area contributed by atoms with Gasteiger partial charge in [-0.05, 0) is 19.3 Å².